The number of pyridine rings is 1. The minimum atomic E-state index is -1.20. The van der Waals surface area contributed by atoms with Crippen molar-refractivity contribution in [2.24, 2.45) is 0 Å². The normalized spacial score (nSPS) is 10.7. The quantitative estimate of drug-likeness (QED) is 0.808. The lowest BCUT2D eigenvalue weighted by Crippen LogP contribution is -2.02. The molecule has 2 aromatic rings. The predicted molar refractivity (Wildman–Crippen MR) is 53.4 cm³/mol. The minimum absolute atomic E-state index is 0.135. The number of rotatable bonds is 1. The second-order valence-electron chi connectivity index (χ2n) is 3.41. The molecule has 5 heteroatoms. The van der Waals surface area contributed by atoms with Crippen LogP contribution in [0.1, 0.15) is 16.1 Å². The molecule has 1 heterocycles. The number of carboxylic acid groups (broad SMARTS) is 1. The number of hydrogen-bond acceptors (Lipinski definition) is 2. The Bertz CT molecular complexity index is 596. The van der Waals surface area contributed by atoms with E-state index in [4.69, 9.17) is 5.11 Å². The fourth-order valence-electron chi connectivity index (χ4n) is 1.50. The van der Waals surface area contributed by atoms with Crippen LogP contribution in [-0.2, 0) is 0 Å². The lowest BCUT2D eigenvalue weighted by Gasteiger charge is -2.04. The highest BCUT2D eigenvalue weighted by Gasteiger charge is 2.11. The Balaban J connectivity index is 2.82. The van der Waals surface area contributed by atoms with Crippen molar-refractivity contribution in [1.29, 1.82) is 0 Å². The lowest BCUT2D eigenvalue weighted by molar-refractivity contribution is 0.0691. The smallest absolute Gasteiger partial charge is 0.354 e. The van der Waals surface area contributed by atoms with Crippen molar-refractivity contribution in [2.75, 3.05) is 0 Å². The molecular formula is C11H7F2NO2. The molecular weight excluding hydrogens is 216 g/mol. The van der Waals surface area contributed by atoms with Crippen molar-refractivity contribution in [3.8, 4) is 0 Å². The van der Waals surface area contributed by atoms with E-state index in [1.165, 1.54) is 6.07 Å². The largest absolute Gasteiger partial charge is 0.477 e. The topological polar surface area (TPSA) is 50.2 Å². The van der Waals surface area contributed by atoms with Crippen molar-refractivity contribution in [1.82, 2.24) is 4.98 Å². The van der Waals surface area contributed by atoms with Crippen LogP contribution in [0.3, 0.4) is 0 Å². The van der Waals surface area contributed by atoms with Gasteiger partial charge in [0.05, 0.1) is 5.52 Å². The highest BCUT2D eigenvalue weighted by atomic mass is 19.2. The number of hydrogen-bond donors (Lipinski definition) is 1. The van der Waals surface area contributed by atoms with Crippen LogP contribution < -0.4 is 0 Å². The van der Waals surface area contributed by atoms with E-state index in [0.29, 0.717) is 10.9 Å². The zero-order valence-electron chi connectivity index (χ0n) is 8.29. The summed E-state index contributed by atoms with van der Waals surface area (Å²) in [4.78, 5) is 14.4. The Labute approximate surface area is 89.3 Å². The molecule has 1 N–H and O–H groups in total. The van der Waals surface area contributed by atoms with Crippen LogP contribution in [0.5, 0.6) is 0 Å². The van der Waals surface area contributed by atoms with Crippen molar-refractivity contribution >= 4 is 16.9 Å². The fraction of sp³-hybridized carbons (Fsp3) is 0.0909. The zero-order valence-corrected chi connectivity index (χ0v) is 8.29. The first-order chi connectivity index (χ1) is 7.49. The average Bonchev–Trinajstić information content (AvgIpc) is 2.20. The summed E-state index contributed by atoms with van der Waals surface area (Å²) in [7, 11) is 0. The van der Waals surface area contributed by atoms with Crippen LogP contribution in [0, 0.1) is 18.6 Å². The van der Waals surface area contributed by atoms with Gasteiger partial charge in [-0.15, -0.1) is 0 Å². The van der Waals surface area contributed by atoms with Crippen molar-refractivity contribution < 1.29 is 18.7 Å². The fourth-order valence-corrected chi connectivity index (χ4v) is 1.50. The number of aryl methyl sites for hydroxylation is 1. The number of nitrogens with zero attached hydrogens (tertiary/aromatic N) is 1. The van der Waals surface area contributed by atoms with Gasteiger partial charge in [0.2, 0.25) is 0 Å². The van der Waals surface area contributed by atoms with Crippen molar-refractivity contribution in [3.05, 3.63) is 41.1 Å². The minimum Gasteiger partial charge on any atom is -0.477 e. The molecule has 0 spiro atoms. The molecule has 16 heavy (non-hydrogen) atoms. The van der Waals surface area contributed by atoms with E-state index in [9.17, 15) is 13.6 Å². The van der Waals surface area contributed by atoms with Gasteiger partial charge in [0, 0.05) is 11.5 Å². The summed E-state index contributed by atoms with van der Waals surface area (Å²) >= 11 is 0. The van der Waals surface area contributed by atoms with Crippen molar-refractivity contribution in [2.45, 2.75) is 6.92 Å². The second kappa shape index (κ2) is 3.52. The van der Waals surface area contributed by atoms with Gasteiger partial charge in [-0.2, -0.15) is 0 Å². The van der Waals surface area contributed by atoms with Crippen LogP contribution in [0.25, 0.3) is 10.9 Å². The maximum Gasteiger partial charge on any atom is 0.354 e. The van der Waals surface area contributed by atoms with Crippen molar-refractivity contribution in [3.63, 3.8) is 0 Å². The third-order valence-electron chi connectivity index (χ3n) is 2.28. The molecule has 0 radical (unpaired) electrons. The van der Waals surface area contributed by atoms with Crippen LogP contribution in [0.4, 0.5) is 8.78 Å². The molecule has 0 fully saturated rings. The molecule has 1 aromatic heterocycles. The Morgan fingerprint density at radius 2 is 1.88 bits per heavy atom. The van der Waals surface area contributed by atoms with Gasteiger partial charge >= 0.3 is 5.97 Å². The molecule has 0 amide bonds. The summed E-state index contributed by atoms with van der Waals surface area (Å²) in [5, 5.41) is 9.17. The van der Waals surface area contributed by atoms with E-state index in [1.54, 1.807) is 6.92 Å². The maximum atomic E-state index is 13.0. The number of fused-ring (bicyclic) bond motifs is 1. The second-order valence-corrected chi connectivity index (χ2v) is 3.41. The van der Waals surface area contributed by atoms with Gasteiger partial charge in [0.25, 0.3) is 0 Å². The number of aromatic nitrogens is 1. The Morgan fingerprint density at radius 3 is 2.50 bits per heavy atom. The third kappa shape index (κ3) is 1.60. The van der Waals surface area contributed by atoms with Gasteiger partial charge in [0.15, 0.2) is 11.6 Å². The summed E-state index contributed by atoms with van der Waals surface area (Å²) in [6, 6.07) is 3.23. The highest BCUT2D eigenvalue weighted by Crippen LogP contribution is 2.21. The van der Waals surface area contributed by atoms with Crippen LogP contribution in [0.15, 0.2) is 18.2 Å². The summed E-state index contributed by atoms with van der Waals surface area (Å²) < 4.78 is 25.9. The summed E-state index contributed by atoms with van der Waals surface area (Å²) in [6.07, 6.45) is 0. The van der Waals surface area contributed by atoms with Gasteiger partial charge in [0.1, 0.15) is 5.69 Å². The summed E-state index contributed by atoms with van der Waals surface area (Å²) in [5.41, 5.74) is 0.494. The molecule has 1 aromatic carbocycles. The van der Waals surface area contributed by atoms with E-state index in [0.717, 1.165) is 12.1 Å². The predicted octanol–water partition coefficient (Wildman–Crippen LogP) is 2.52. The molecule has 0 atom stereocenters. The first-order valence-electron chi connectivity index (χ1n) is 4.48. The first kappa shape index (κ1) is 10.5. The molecule has 3 nitrogen and oxygen atoms in total. The molecule has 0 unspecified atom stereocenters. The molecule has 0 aliphatic heterocycles. The molecule has 82 valence electrons. The number of halogens is 2. The Kier molecular flexibility index (Phi) is 2.30. The molecule has 0 saturated heterocycles. The lowest BCUT2D eigenvalue weighted by atomic mass is 10.1. The first-order valence-corrected chi connectivity index (χ1v) is 4.48. The standard InChI is InChI=1S/C11H7F2NO2/c1-5-2-10(11(15)16)14-9-4-8(13)7(12)3-6(5)9/h2-4H,1H3,(H,15,16). The number of aromatic carboxylic acids is 1. The summed E-state index contributed by atoms with van der Waals surface area (Å²) in [6.45, 7) is 1.62. The van der Waals surface area contributed by atoms with Crippen LogP contribution in [-0.4, -0.2) is 16.1 Å². The van der Waals surface area contributed by atoms with E-state index >= 15 is 0 Å². The zero-order chi connectivity index (χ0) is 11.9. The average molecular weight is 223 g/mol. The van der Waals surface area contributed by atoms with E-state index in [2.05, 4.69) is 4.98 Å². The highest BCUT2D eigenvalue weighted by molar-refractivity contribution is 5.91. The SMILES string of the molecule is Cc1cc(C(=O)O)nc2cc(F)c(F)cc12. The van der Waals surface area contributed by atoms with Gasteiger partial charge in [-0.05, 0) is 24.6 Å². The van der Waals surface area contributed by atoms with Gasteiger partial charge in [-0.25, -0.2) is 18.6 Å². The number of carboxylic acids is 1. The molecule has 0 aliphatic carbocycles. The van der Waals surface area contributed by atoms with E-state index in [-0.39, 0.29) is 11.2 Å². The third-order valence-corrected chi connectivity index (χ3v) is 2.28. The Morgan fingerprint density at radius 1 is 1.25 bits per heavy atom. The number of carbonyl (C=O) groups is 1. The van der Waals surface area contributed by atoms with Gasteiger partial charge in [-0.3, -0.25) is 0 Å². The molecule has 2 rings (SSSR count). The van der Waals surface area contributed by atoms with Gasteiger partial charge in [-0.1, -0.05) is 0 Å². The molecule has 0 bridgehead atoms. The van der Waals surface area contributed by atoms with Crippen LogP contribution in [0.2, 0.25) is 0 Å². The van der Waals surface area contributed by atoms with Gasteiger partial charge < -0.3 is 5.11 Å². The molecule has 0 aliphatic rings. The van der Waals surface area contributed by atoms with Crippen LogP contribution >= 0.6 is 0 Å². The monoisotopic (exact) mass is 223 g/mol. The summed E-state index contributed by atoms with van der Waals surface area (Å²) in [5.74, 6) is -3.21. The Hall–Kier alpha value is -2.04. The van der Waals surface area contributed by atoms with E-state index < -0.39 is 17.6 Å². The maximum absolute atomic E-state index is 13.0. The molecule has 0 saturated carbocycles. The van der Waals surface area contributed by atoms with E-state index in [1.807, 2.05) is 0 Å². The number of benzene rings is 1.